The summed E-state index contributed by atoms with van der Waals surface area (Å²) in [5.74, 6) is -1.65. The van der Waals surface area contributed by atoms with E-state index < -0.39 is 39.9 Å². The van der Waals surface area contributed by atoms with E-state index in [1.54, 1.807) is 0 Å². The first-order valence-corrected chi connectivity index (χ1v) is 9.94. The highest BCUT2D eigenvalue weighted by molar-refractivity contribution is 7.89. The zero-order chi connectivity index (χ0) is 21.2. The first-order valence-electron chi connectivity index (χ1n) is 8.50. The Bertz CT molecular complexity index is 976. The average molecular weight is 432 g/mol. The van der Waals surface area contributed by atoms with Crippen LogP contribution in [-0.4, -0.2) is 37.6 Å². The number of rotatable bonds is 5. The van der Waals surface area contributed by atoms with Crippen molar-refractivity contribution in [1.82, 2.24) is 4.31 Å². The number of ether oxygens (including phenoxy) is 1. The van der Waals surface area contributed by atoms with E-state index in [0.29, 0.717) is 6.42 Å². The number of amides is 1. The minimum absolute atomic E-state index is 0.121. The lowest BCUT2D eigenvalue weighted by Crippen LogP contribution is -2.43. The lowest BCUT2D eigenvalue weighted by molar-refractivity contribution is -0.274. The lowest BCUT2D eigenvalue weighted by atomic mass is 10.2. The fraction of sp³-hybridized carbons (Fsp3) is 0.278. The van der Waals surface area contributed by atoms with Crippen LogP contribution >= 0.6 is 0 Å². The van der Waals surface area contributed by atoms with Crippen molar-refractivity contribution < 1.29 is 35.5 Å². The van der Waals surface area contributed by atoms with E-state index in [1.807, 2.05) is 0 Å². The molecule has 156 valence electrons. The summed E-state index contributed by atoms with van der Waals surface area (Å²) in [6.45, 7) is 0.121. The number of carbonyl (C=O) groups is 1. The molecule has 0 bridgehead atoms. The fourth-order valence-corrected chi connectivity index (χ4v) is 4.65. The summed E-state index contributed by atoms with van der Waals surface area (Å²) < 4.78 is 80.0. The maximum absolute atomic E-state index is 13.1. The van der Waals surface area contributed by atoms with Gasteiger partial charge in [-0.15, -0.1) is 13.2 Å². The molecule has 0 saturated carbocycles. The Morgan fingerprint density at radius 3 is 2.28 bits per heavy atom. The van der Waals surface area contributed by atoms with Gasteiger partial charge in [0.05, 0.1) is 4.90 Å². The molecule has 1 unspecified atom stereocenters. The Labute approximate surface area is 164 Å². The minimum Gasteiger partial charge on any atom is -0.406 e. The van der Waals surface area contributed by atoms with Crippen molar-refractivity contribution in [2.45, 2.75) is 30.1 Å². The molecule has 6 nitrogen and oxygen atoms in total. The van der Waals surface area contributed by atoms with Gasteiger partial charge in [-0.3, -0.25) is 4.79 Å². The van der Waals surface area contributed by atoms with Crippen LogP contribution in [0.1, 0.15) is 12.8 Å². The molecule has 1 aliphatic rings. The predicted molar refractivity (Wildman–Crippen MR) is 95.1 cm³/mol. The normalized spacial score (nSPS) is 17.9. The SMILES string of the molecule is O=C(Nc1ccc(OC(F)(F)F)cc1)C1CCCN1S(=O)(=O)c1ccc(F)cc1. The van der Waals surface area contributed by atoms with Crippen LogP contribution in [0.25, 0.3) is 0 Å². The van der Waals surface area contributed by atoms with E-state index in [2.05, 4.69) is 10.1 Å². The van der Waals surface area contributed by atoms with Gasteiger partial charge in [0, 0.05) is 12.2 Å². The van der Waals surface area contributed by atoms with Crippen LogP contribution in [0, 0.1) is 5.82 Å². The highest BCUT2D eigenvalue weighted by atomic mass is 32.2. The molecule has 3 rings (SSSR count). The molecule has 0 radical (unpaired) electrons. The average Bonchev–Trinajstić information content (AvgIpc) is 3.13. The molecule has 1 N–H and O–H groups in total. The quantitative estimate of drug-likeness (QED) is 0.734. The van der Waals surface area contributed by atoms with Crippen molar-refractivity contribution in [3.05, 3.63) is 54.3 Å². The molecule has 1 atom stereocenters. The Morgan fingerprint density at radius 2 is 1.69 bits per heavy atom. The number of hydrogen-bond acceptors (Lipinski definition) is 4. The van der Waals surface area contributed by atoms with Gasteiger partial charge in [-0.05, 0) is 61.4 Å². The number of benzene rings is 2. The molecule has 1 saturated heterocycles. The van der Waals surface area contributed by atoms with Crippen molar-refractivity contribution in [2.75, 3.05) is 11.9 Å². The highest BCUT2D eigenvalue weighted by Crippen LogP contribution is 2.28. The minimum atomic E-state index is -4.83. The van der Waals surface area contributed by atoms with Crippen molar-refractivity contribution in [3.63, 3.8) is 0 Å². The molecule has 1 amide bonds. The predicted octanol–water partition coefficient (Wildman–Crippen LogP) is 3.52. The number of nitrogens with zero attached hydrogens (tertiary/aromatic N) is 1. The summed E-state index contributed by atoms with van der Waals surface area (Å²) in [5, 5.41) is 2.49. The standard InChI is InChI=1S/C18H16F4N2O4S/c19-12-3-9-15(10-4-12)29(26,27)24-11-1-2-16(24)17(25)23-13-5-7-14(8-6-13)28-18(20,21)22/h3-10,16H,1-2,11H2,(H,23,25). The maximum Gasteiger partial charge on any atom is 0.573 e. The van der Waals surface area contributed by atoms with E-state index >= 15 is 0 Å². The lowest BCUT2D eigenvalue weighted by Gasteiger charge is -2.23. The van der Waals surface area contributed by atoms with E-state index in [0.717, 1.165) is 40.7 Å². The third kappa shape index (κ3) is 5.04. The van der Waals surface area contributed by atoms with Crippen LogP contribution in [0.5, 0.6) is 5.75 Å². The largest absolute Gasteiger partial charge is 0.573 e. The number of sulfonamides is 1. The van der Waals surface area contributed by atoms with Crippen molar-refractivity contribution in [1.29, 1.82) is 0 Å². The van der Waals surface area contributed by atoms with Gasteiger partial charge < -0.3 is 10.1 Å². The smallest absolute Gasteiger partial charge is 0.406 e. The van der Waals surface area contributed by atoms with Crippen LogP contribution in [0.3, 0.4) is 0 Å². The summed E-state index contributed by atoms with van der Waals surface area (Å²) in [6.07, 6.45) is -4.10. The van der Waals surface area contributed by atoms with Gasteiger partial charge in [-0.25, -0.2) is 12.8 Å². The molecule has 11 heteroatoms. The van der Waals surface area contributed by atoms with Gasteiger partial charge in [0.2, 0.25) is 15.9 Å². The van der Waals surface area contributed by atoms with Gasteiger partial charge in [-0.2, -0.15) is 4.31 Å². The molecule has 1 heterocycles. The number of halogens is 4. The maximum atomic E-state index is 13.1. The number of anilines is 1. The third-order valence-electron chi connectivity index (χ3n) is 4.28. The summed E-state index contributed by atoms with van der Waals surface area (Å²) >= 11 is 0. The zero-order valence-corrected chi connectivity index (χ0v) is 15.6. The molecule has 2 aromatic carbocycles. The summed E-state index contributed by atoms with van der Waals surface area (Å²) in [4.78, 5) is 12.5. The fourth-order valence-electron chi connectivity index (χ4n) is 3.00. The molecule has 1 aliphatic heterocycles. The van der Waals surface area contributed by atoms with Gasteiger partial charge in [-0.1, -0.05) is 0 Å². The Balaban J connectivity index is 1.72. The van der Waals surface area contributed by atoms with E-state index in [-0.39, 0.29) is 23.5 Å². The van der Waals surface area contributed by atoms with Crippen LogP contribution in [0.2, 0.25) is 0 Å². The first-order chi connectivity index (χ1) is 13.6. The number of alkyl halides is 3. The van der Waals surface area contributed by atoms with Gasteiger partial charge in [0.15, 0.2) is 0 Å². The Morgan fingerprint density at radius 1 is 1.07 bits per heavy atom. The van der Waals surface area contributed by atoms with E-state index in [9.17, 15) is 30.8 Å². The van der Waals surface area contributed by atoms with E-state index in [1.165, 1.54) is 12.1 Å². The van der Waals surface area contributed by atoms with Crippen LogP contribution < -0.4 is 10.1 Å². The first kappa shape index (κ1) is 21.1. The zero-order valence-electron chi connectivity index (χ0n) is 14.8. The second kappa shape index (κ2) is 7.99. The van der Waals surface area contributed by atoms with Crippen molar-refractivity contribution in [3.8, 4) is 5.75 Å². The molecule has 0 aliphatic carbocycles. The molecule has 0 aromatic heterocycles. The Kier molecular flexibility index (Phi) is 5.80. The summed E-state index contributed by atoms with van der Waals surface area (Å²) in [5.41, 5.74) is 0.190. The van der Waals surface area contributed by atoms with Crippen LogP contribution in [-0.2, 0) is 14.8 Å². The second-order valence-corrected chi connectivity index (χ2v) is 8.18. The van der Waals surface area contributed by atoms with Gasteiger partial charge >= 0.3 is 6.36 Å². The third-order valence-corrected chi connectivity index (χ3v) is 6.20. The van der Waals surface area contributed by atoms with Gasteiger partial charge in [0.1, 0.15) is 17.6 Å². The van der Waals surface area contributed by atoms with Crippen molar-refractivity contribution in [2.24, 2.45) is 0 Å². The molecular formula is C18H16F4N2O4S. The summed E-state index contributed by atoms with van der Waals surface area (Å²) in [6, 6.07) is 7.78. The number of carbonyl (C=O) groups excluding carboxylic acids is 1. The molecule has 0 spiro atoms. The topological polar surface area (TPSA) is 75.7 Å². The highest BCUT2D eigenvalue weighted by Gasteiger charge is 2.39. The van der Waals surface area contributed by atoms with Crippen LogP contribution in [0.4, 0.5) is 23.2 Å². The number of nitrogens with one attached hydrogen (secondary N) is 1. The molecule has 1 fully saturated rings. The van der Waals surface area contributed by atoms with Crippen molar-refractivity contribution >= 4 is 21.6 Å². The number of hydrogen-bond donors (Lipinski definition) is 1. The second-order valence-electron chi connectivity index (χ2n) is 6.29. The molecule has 29 heavy (non-hydrogen) atoms. The van der Waals surface area contributed by atoms with Crippen LogP contribution in [0.15, 0.2) is 53.4 Å². The van der Waals surface area contributed by atoms with E-state index in [4.69, 9.17) is 0 Å². The molecular weight excluding hydrogens is 416 g/mol. The van der Waals surface area contributed by atoms with Gasteiger partial charge in [0.25, 0.3) is 0 Å². The monoisotopic (exact) mass is 432 g/mol. The molecule has 2 aromatic rings. The Hall–Kier alpha value is -2.66. The summed E-state index contributed by atoms with van der Waals surface area (Å²) in [7, 11) is -4.01.